The van der Waals surface area contributed by atoms with Crippen molar-refractivity contribution in [3.05, 3.63) is 182 Å². The van der Waals surface area contributed by atoms with Crippen LogP contribution in [0.1, 0.15) is 0 Å². The van der Waals surface area contributed by atoms with E-state index < -0.39 is 0 Å². The van der Waals surface area contributed by atoms with Gasteiger partial charge in [-0.3, -0.25) is 0 Å². The third kappa shape index (κ3) is 4.71. The first-order chi connectivity index (χ1) is 27.7. The highest BCUT2D eigenvalue weighted by Gasteiger charge is 2.22. The number of nitrogens with zero attached hydrogens (tertiary/aromatic N) is 2. The Hall–Kier alpha value is -7.63. The highest BCUT2D eigenvalue weighted by atomic mass is 16.4. The van der Waals surface area contributed by atoms with Crippen LogP contribution in [0.5, 0.6) is 0 Å². The Morgan fingerprint density at radius 2 is 1.04 bits per heavy atom. The quantitative estimate of drug-likeness (QED) is 0.177. The lowest BCUT2D eigenvalue weighted by Gasteiger charge is -2.26. The second-order valence-electron chi connectivity index (χ2n) is 14.3. The third-order valence-corrected chi connectivity index (χ3v) is 11.1. The topological polar surface area (TPSA) is 55.6 Å². The SMILES string of the molecule is c1ccc2c(-c3ccc4ccc(N(c5ccc6c(c5)oc5cccc(-c7nc8ccccc8o7)c56)c5cccc6oc7ccccc7c56)cc4c3)cccc2c1. The lowest BCUT2D eigenvalue weighted by molar-refractivity contribution is 0.620. The molecular formula is C51H30N2O3. The summed E-state index contributed by atoms with van der Waals surface area (Å²) in [6.07, 6.45) is 0. The molecule has 9 aromatic carbocycles. The van der Waals surface area contributed by atoms with Gasteiger partial charge in [-0.15, -0.1) is 0 Å². The molecule has 0 radical (unpaired) electrons. The summed E-state index contributed by atoms with van der Waals surface area (Å²) in [5, 5.41) is 8.87. The summed E-state index contributed by atoms with van der Waals surface area (Å²) in [5.74, 6) is 0.572. The Bertz CT molecular complexity index is 3480. The highest BCUT2D eigenvalue weighted by molar-refractivity contribution is 6.15. The number of rotatable bonds is 5. The zero-order chi connectivity index (χ0) is 36.7. The fourth-order valence-corrected chi connectivity index (χ4v) is 8.51. The largest absolute Gasteiger partial charge is 0.456 e. The molecule has 0 saturated heterocycles. The van der Waals surface area contributed by atoms with Gasteiger partial charge in [0.2, 0.25) is 5.89 Å². The molecule has 0 N–H and O–H groups in total. The first-order valence-corrected chi connectivity index (χ1v) is 18.8. The van der Waals surface area contributed by atoms with Crippen molar-refractivity contribution >= 4 is 93.6 Å². The third-order valence-electron chi connectivity index (χ3n) is 11.1. The minimum atomic E-state index is 0.572. The van der Waals surface area contributed by atoms with E-state index in [4.69, 9.17) is 18.2 Å². The summed E-state index contributed by atoms with van der Waals surface area (Å²) < 4.78 is 19.3. The van der Waals surface area contributed by atoms with Crippen molar-refractivity contribution < 1.29 is 13.3 Å². The van der Waals surface area contributed by atoms with E-state index in [-0.39, 0.29) is 0 Å². The van der Waals surface area contributed by atoms with Gasteiger partial charge in [0.05, 0.1) is 11.1 Å². The number of hydrogen-bond acceptors (Lipinski definition) is 5. The average Bonchev–Trinajstić information content (AvgIpc) is 3.97. The van der Waals surface area contributed by atoms with Crippen molar-refractivity contribution in [3.8, 4) is 22.6 Å². The van der Waals surface area contributed by atoms with Crippen molar-refractivity contribution in [2.75, 3.05) is 4.90 Å². The van der Waals surface area contributed by atoms with Crippen LogP contribution in [0, 0.1) is 0 Å². The Morgan fingerprint density at radius 3 is 1.96 bits per heavy atom. The van der Waals surface area contributed by atoms with E-state index in [0.29, 0.717) is 5.89 Å². The van der Waals surface area contributed by atoms with Gasteiger partial charge in [-0.05, 0) is 105 Å². The van der Waals surface area contributed by atoms with E-state index in [0.717, 1.165) is 83.0 Å². The van der Waals surface area contributed by atoms with Crippen molar-refractivity contribution in [1.82, 2.24) is 4.98 Å². The molecule has 3 aromatic heterocycles. The zero-order valence-electron chi connectivity index (χ0n) is 29.9. The van der Waals surface area contributed by atoms with Gasteiger partial charge in [-0.25, -0.2) is 4.98 Å². The Kier molecular flexibility index (Phi) is 6.56. The van der Waals surface area contributed by atoms with Crippen LogP contribution in [-0.2, 0) is 0 Å². The standard InChI is InChI=1S/C51H30N2O3/c1-2-12-37-32(10-1)11-7-14-38(37)33-23-22-31-24-25-35(29-34(31)28-33)53(43-17-9-21-47-50(43)39-13-3-5-18-44(39)54-47)36-26-27-40-48(30-36)55-46-20-8-15-41(49(40)46)51-52-42-16-4-6-19-45(42)56-51/h1-30H. The van der Waals surface area contributed by atoms with Crippen LogP contribution >= 0.6 is 0 Å². The lowest BCUT2D eigenvalue weighted by Crippen LogP contribution is -2.10. The Balaban J connectivity index is 1.07. The molecule has 0 aliphatic heterocycles. The van der Waals surface area contributed by atoms with Gasteiger partial charge < -0.3 is 18.2 Å². The number of benzene rings is 9. The molecule has 3 heterocycles. The van der Waals surface area contributed by atoms with E-state index in [2.05, 4.69) is 132 Å². The first-order valence-electron chi connectivity index (χ1n) is 18.8. The van der Waals surface area contributed by atoms with Crippen LogP contribution in [0.4, 0.5) is 17.1 Å². The molecular weight excluding hydrogens is 689 g/mol. The second-order valence-corrected chi connectivity index (χ2v) is 14.3. The maximum atomic E-state index is 6.65. The normalized spacial score (nSPS) is 11.9. The smallest absolute Gasteiger partial charge is 0.228 e. The number of hydrogen-bond donors (Lipinski definition) is 0. The second kappa shape index (κ2) is 11.9. The maximum absolute atomic E-state index is 6.65. The fraction of sp³-hybridized carbons (Fsp3) is 0. The van der Waals surface area contributed by atoms with Crippen LogP contribution < -0.4 is 4.90 Å². The molecule has 0 amide bonds. The van der Waals surface area contributed by atoms with E-state index in [9.17, 15) is 0 Å². The molecule has 262 valence electrons. The predicted octanol–water partition coefficient (Wildman–Crippen LogP) is 14.7. The molecule has 0 atom stereocenters. The predicted molar refractivity (Wildman–Crippen MR) is 229 cm³/mol. The summed E-state index contributed by atoms with van der Waals surface area (Å²) in [4.78, 5) is 7.16. The summed E-state index contributed by atoms with van der Waals surface area (Å²) in [7, 11) is 0. The number of oxazole rings is 1. The summed E-state index contributed by atoms with van der Waals surface area (Å²) in [6.45, 7) is 0. The van der Waals surface area contributed by atoms with Crippen LogP contribution in [0.15, 0.2) is 195 Å². The molecule has 0 fully saturated rings. The zero-order valence-corrected chi connectivity index (χ0v) is 29.9. The van der Waals surface area contributed by atoms with E-state index >= 15 is 0 Å². The van der Waals surface area contributed by atoms with Gasteiger partial charge in [0.1, 0.15) is 27.8 Å². The van der Waals surface area contributed by atoms with Crippen molar-refractivity contribution in [1.29, 1.82) is 0 Å². The number of fused-ring (bicyclic) bond motifs is 9. The number of anilines is 3. The molecule has 0 unspecified atom stereocenters. The van der Waals surface area contributed by atoms with Crippen LogP contribution in [0.25, 0.3) is 99.1 Å². The number of aromatic nitrogens is 1. The maximum Gasteiger partial charge on any atom is 0.228 e. The molecule has 0 spiro atoms. The van der Waals surface area contributed by atoms with Crippen molar-refractivity contribution in [2.24, 2.45) is 0 Å². The summed E-state index contributed by atoms with van der Waals surface area (Å²) in [5.41, 5.74) is 11.1. The van der Waals surface area contributed by atoms with Gasteiger partial charge in [-0.1, -0.05) is 103 Å². The van der Waals surface area contributed by atoms with E-state index in [1.54, 1.807) is 0 Å². The molecule has 5 heteroatoms. The lowest BCUT2D eigenvalue weighted by atomic mass is 9.96. The van der Waals surface area contributed by atoms with Gasteiger partial charge >= 0.3 is 0 Å². The molecule has 0 aliphatic carbocycles. The molecule has 12 rings (SSSR count). The summed E-state index contributed by atoms with van der Waals surface area (Å²) >= 11 is 0. The molecule has 5 nitrogen and oxygen atoms in total. The van der Waals surface area contributed by atoms with E-state index in [1.165, 1.54) is 27.3 Å². The minimum Gasteiger partial charge on any atom is -0.456 e. The van der Waals surface area contributed by atoms with Gasteiger partial charge in [0.25, 0.3) is 0 Å². The van der Waals surface area contributed by atoms with Crippen LogP contribution in [0.3, 0.4) is 0 Å². The number of para-hydroxylation sites is 3. The Morgan fingerprint density at radius 1 is 0.375 bits per heavy atom. The highest BCUT2D eigenvalue weighted by Crippen LogP contribution is 2.46. The van der Waals surface area contributed by atoms with E-state index in [1.807, 2.05) is 54.6 Å². The van der Waals surface area contributed by atoms with Gasteiger partial charge in [0, 0.05) is 39.2 Å². The van der Waals surface area contributed by atoms with Crippen molar-refractivity contribution in [3.63, 3.8) is 0 Å². The van der Waals surface area contributed by atoms with Crippen LogP contribution in [-0.4, -0.2) is 4.98 Å². The van der Waals surface area contributed by atoms with Gasteiger partial charge in [0.15, 0.2) is 5.58 Å². The molecule has 56 heavy (non-hydrogen) atoms. The average molecular weight is 719 g/mol. The first kappa shape index (κ1) is 30.8. The molecule has 0 aliphatic rings. The molecule has 12 aromatic rings. The number of furan rings is 2. The van der Waals surface area contributed by atoms with Gasteiger partial charge in [-0.2, -0.15) is 0 Å². The summed E-state index contributed by atoms with van der Waals surface area (Å²) in [6, 6.07) is 63.5. The minimum absolute atomic E-state index is 0.572. The fourth-order valence-electron chi connectivity index (χ4n) is 8.51. The Labute approximate surface area is 320 Å². The molecule has 0 bridgehead atoms. The molecule has 0 saturated carbocycles. The van der Waals surface area contributed by atoms with Crippen molar-refractivity contribution in [2.45, 2.75) is 0 Å². The monoisotopic (exact) mass is 718 g/mol. The van der Waals surface area contributed by atoms with Crippen LogP contribution in [0.2, 0.25) is 0 Å².